The molecule has 2 atom stereocenters. The Morgan fingerprint density at radius 1 is 1.04 bits per heavy atom. The van der Waals surface area contributed by atoms with Crippen molar-refractivity contribution in [1.82, 2.24) is 15.2 Å². The number of rotatable bonds is 5. The van der Waals surface area contributed by atoms with Gasteiger partial charge >= 0.3 is 0 Å². The minimum absolute atomic E-state index is 0.0669. The Morgan fingerprint density at radius 3 is 2.28 bits per heavy atom. The highest BCUT2D eigenvalue weighted by molar-refractivity contribution is 5.93. The van der Waals surface area contributed by atoms with Crippen LogP contribution in [0.3, 0.4) is 0 Å². The standard InChI is InChI=1S/C21H27N3O/c1-16-11-17(2)14-24(13-16)15-19-5-3-18(4-6-19)12-23-21(25)20-7-9-22-10-8-20/h3-10,16-17H,11-15H2,1-2H3,(H,23,25)/t16-,17-/m0/s1. The predicted molar refractivity (Wildman–Crippen MR) is 100 cm³/mol. The summed E-state index contributed by atoms with van der Waals surface area (Å²) in [5.74, 6) is 1.50. The normalized spacial score (nSPS) is 21.0. The van der Waals surface area contributed by atoms with Gasteiger partial charge in [-0.05, 0) is 41.5 Å². The van der Waals surface area contributed by atoms with Gasteiger partial charge in [-0.2, -0.15) is 0 Å². The van der Waals surface area contributed by atoms with Gasteiger partial charge in [0, 0.05) is 44.1 Å². The first kappa shape index (κ1) is 17.6. The van der Waals surface area contributed by atoms with E-state index in [9.17, 15) is 4.79 Å². The summed E-state index contributed by atoms with van der Waals surface area (Å²) in [5.41, 5.74) is 3.09. The van der Waals surface area contributed by atoms with Gasteiger partial charge < -0.3 is 5.32 Å². The zero-order valence-electron chi connectivity index (χ0n) is 15.1. The zero-order valence-corrected chi connectivity index (χ0v) is 15.1. The van der Waals surface area contributed by atoms with E-state index in [1.165, 1.54) is 25.1 Å². The van der Waals surface area contributed by atoms with Crippen LogP contribution < -0.4 is 5.32 Å². The number of nitrogens with zero attached hydrogens (tertiary/aromatic N) is 2. The number of hydrogen-bond acceptors (Lipinski definition) is 3. The number of amides is 1. The van der Waals surface area contributed by atoms with E-state index in [2.05, 4.69) is 53.3 Å². The van der Waals surface area contributed by atoms with E-state index in [4.69, 9.17) is 0 Å². The molecule has 1 aliphatic rings. The smallest absolute Gasteiger partial charge is 0.251 e. The van der Waals surface area contributed by atoms with Crippen molar-refractivity contribution in [3.8, 4) is 0 Å². The van der Waals surface area contributed by atoms with Gasteiger partial charge in [-0.15, -0.1) is 0 Å². The van der Waals surface area contributed by atoms with Crippen LogP contribution in [-0.2, 0) is 13.1 Å². The molecule has 0 unspecified atom stereocenters. The molecule has 1 fully saturated rings. The first-order chi connectivity index (χ1) is 12.1. The quantitative estimate of drug-likeness (QED) is 0.908. The molecule has 1 saturated heterocycles. The minimum atomic E-state index is -0.0669. The molecular weight excluding hydrogens is 310 g/mol. The van der Waals surface area contributed by atoms with Crippen LogP contribution in [0.2, 0.25) is 0 Å². The zero-order chi connectivity index (χ0) is 17.6. The van der Waals surface area contributed by atoms with Crippen molar-refractivity contribution in [3.05, 3.63) is 65.5 Å². The maximum atomic E-state index is 12.1. The minimum Gasteiger partial charge on any atom is -0.348 e. The maximum absolute atomic E-state index is 12.1. The van der Waals surface area contributed by atoms with Crippen LogP contribution in [0.4, 0.5) is 0 Å². The number of carbonyl (C=O) groups excluding carboxylic acids is 1. The number of aromatic nitrogens is 1. The van der Waals surface area contributed by atoms with Gasteiger partial charge in [0.2, 0.25) is 0 Å². The Bertz CT molecular complexity index is 674. The van der Waals surface area contributed by atoms with E-state index in [0.717, 1.165) is 23.9 Å². The summed E-state index contributed by atoms with van der Waals surface area (Å²) in [6.45, 7) is 8.62. The second-order valence-corrected chi connectivity index (χ2v) is 7.38. The molecule has 0 bridgehead atoms. The number of pyridine rings is 1. The summed E-state index contributed by atoms with van der Waals surface area (Å²) in [6.07, 6.45) is 4.60. The number of benzene rings is 1. The highest BCUT2D eigenvalue weighted by atomic mass is 16.1. The van der Waals surface area contributed by atoms with E-state index in [0.29, 0.717) is 12.1 Å². The van der Waals surface area contributed by atoms with Crippen molar-refractivity contribution in [2.45, 2.75) is 33.4 Å². The van der Waals surface area contributed by atoms with Gasteiger partial charge in [0.25, 0.3) is 5.91 Å². The lowest BCUT2D eigenvalue weighted by atomic mass is 9.91. The molecule has 2 aromatic rings. The third kappa shape index (κ3) is 5.13. The van der Waals surface area contributed by atoms with E-state index in [-0.39, 0.29) is 5.91 Å². The van der Waals surface area contributed by atoms with Crippen molar-refractivity contribution < 1.29 is 4.79 Å². The fraction of sp³-hybridized carbons (Fsp3) is 0.429. The molecule has 1 N–H and O–H groups in total. The van der Waals surface area contributed by atoms with E-state index >= 15 is 0 Å². The second kappa shape index (κ2) is 8.26. The Morgan fingerprint density at radius 2 is 1.64 bits per heavy atom. The largest absolute Gasteiger partial charge is 0.348 e. The summed E-state index contributed by atoms with van der Waals surface area (Å²) in [4.78, 5) is 18.5. The van der Waals surface area contributed by atoms with Gasteiger partial charge in [0.05, 0.1) is 0 Å². The monoisotopic (exact) mass is 337 g/mol. The van der Waals surface area contributed by atoms with Crippen LogP contribution in [0, 0.1) is 11.8 Å². The average molecular weight is 337 g/mol. The van der Waals surface area contributed by atoms with Crippen molar-refractivity contribution in [3.63, 3.8) is 0 Å². The first-order valence-corrected chi connectivity index (χ1v) is 9.08. The molecule has 0 radical (unpaired) electrons. The molecule has 0 spiro atoms. The molecule has 132 valence electrons. The lowest BCUT2D eigenvalue weighted by Crippen LogP contribution is -2.38. The molecule has 2 heterocycles. The molecule has 1 amide bonds. The Labute approximate surface area is 150 Å². The summed E-state index contributed by atoms with van der Waals surface area (Å²) < 4.78 is 0. The van der Waals surface area contributed by atoms with E-state index in [1.54, 1.807) is 24.5 Å². The third-order valence-electron chi connectivity index (χ3n) is 4.77. The topological polar surface area (TPSA) is 45.2 Å². The fourth-order valence-electron chi connectivity index (χ4n) is 3.73. The first-order valence-electron chi connectivity index (χ1n) is 9.08. The van der Waals surface area contributed by atoms with Gasteiger partial charge in [-0.1, -0.05) is 38.1 Å². The molecule has 1 aromatic carbocycles. The van der Waals surface area contributed by atoms with Crippen molar-refractivity contribution in [2.24, 2.45) is 11.8 Å². The van der Waals surface area contributed by atoms with Crippen LogP contribution in [0.25, 0.3) is 0 Å². The summed E-state index contributed by atoms with van der Waals surface area (Å²) in [6, 6.07) is 12.0. The Hall–Kier alpha value is -2.20. The Balaban J connectivity index is 1.51. The van der Waals surface area contributed by atoms with Crippen LogP contribution in [-0.4, -0.2) is 28.9 Å². The number of carbonyl (C=O) groups is 1. The van der Waals surface area contributed by atoms with E-state index in [1.807, 2.05) is 0 Å². The van der Waals surface area contributed by atoms with Gasteiger partial charge in [-0.25, -0.2) is 0 Å². The van der Waals surface area contributed by atoms with Crippen LogP contribution in [0.5, 0.6) is 0 Å². The molecule has 25 heavy (non-hydrogen) atoms. The van der Waals surface area contributed by atoms with Gasteiger partial charge in [0.15, 0.2) is 0 Å². The molecule has 0 saturated carbocycles. The molecule has 1 aromatic heterocycles. The fourth-order valence-corrected chi connectivity index (χ4v) is 3.73. The predicted octanol–water partition coefficient (Wildman–Crippen LogP) is 3.49. The number of hydrogen-bond donors (Lipinski definition) is 1. The van der Waals surface area contributed by atoms with Crippen molar-refractivity contribution in [1.29, 1.82) is 0 Å². The highest BCUT2D eigenvalue weighted by Crippen LogP contribution is 2.22. The van der Waals surface area contributed by atoms with Crippen molar-refractivity contribution in [2.75, 3.05) is 13.1 Å². The SMILES string of the molecule is C[C@H]1C[C@H](C)CN(Cc2ccc(CNC(=O)c3ccncc3)cc2)C1. The Kier molecular flexibility index (Phi) is 5.82. The number of nitrogens with one attached hydrogen (secondary N) is 1. The van der Waals surface area contributed by atoms with Gasteiger partial charge in [-0.3, -0.25) is 14.7 Å². The molecular formula is C21H27N3O. The molecule has 4 heteroatoms. The number of piperidine rings is 1. The molecule has 1 aliphatic heterocycles. The van der Waals surface area contributed by atoms with Crippen LogP contribution in [0.15, 0.2) is 48.8 Å². The van der Waals surface area contributed by atoms with Crippen LogP contribution in [0.1, 0.15) is 41.8 Å². The summed E-state index contributed by atoms with van der Waals surface area (Å²) >= 11 is 0. The number of likely N-dealkylation sites (tertiary alicyclic amines) is 1. The third-order valence-corrected chi connectivity index (χ3v) is 4.77. The van der Waals surface area contributed by atoms with E-state index < -0.39 is 0 Å². The summed E-state index contributed by atoms with van der Waals surface area (Å²) in [7, 11) is 0. The van der Waals surface area contributed by atoms with Gasteiger partial charge in [0.1, 0.15) is 0 Å². The highest BCUT2D eigenvalue weighted by Gasteiger charge is 2.21. The average Bonchev–Trinajstić information content (AvgIpc) is 2.61. The lowest BCUT2D eigenvalue weighted by molar-refractivity contribution is 0.0951. The maximum Gasteiger partial charge on any atom is 0.251 e. The summed E-state index contributed by atoms with van der Waals surface area (Å²) in [5, 5.41) is 2.95. The van der Waals surface area contributed by atoms with Crippen molar-refractivity contribution >= 4 is 5.91 Å². The lowest BCUT2D eigenvalue weighted by Gasteiger charge is -2.35. The molecule has 0 aliphatic carbocycles. The van der Waals surface area contributed by atoms with Crippen LogP contribution >= 0.6 is 0 Å². The molecule has 4 nitrogen and oxygen atoms in total. The second-order valence-electron chi connectivity index (χ2n) is 7.38. The molecule has 3 rings (SSSR count).